The molecule has 0 aliphatic heterocycles. The number of hydrogen-bond donors (Lipinski definition) is 1. The van der Waals surface area contributed by atoms with Crippen LogP contribution in [0, 0.1) is 13.8 Å². The summed E-state index contributed by atoms with van der Waals surface area (Å²) in [5, 5.41) is 3.03. The van der Waals surface area contributed by atoms with Crippen LogP contribution < -0.4 is 10.1 Å². The Morgan fingerprint density at radius 1 is 1.15 bits per heavy atom. The predicted molar refractivity (Wildman–Crippen MR) is 101 cm³/mol. The predicted octanol–water partition coefficient (Wildman–Crippen LogP) is 3.32. The molecule has 5 nitrogen and oxygen atoms in total. The topological polar surface area (TPSA) is 56.1 Å². The van der Waals surface area contributed by atoms with E-state index in [-0.39, 0.29) is 18.6 Å². The highest BCUT2D eigenvalue weighted by Gasteiger charge is 2.20. The molecule has 134 valence electrons. The Bertz CT molecular complexity index is 887. The summed E-state index contributed by atoms with van der Waals surface area (Å²) in [6.45, 7) is 4.02. The van der Waals surface area contributed by atoms with Gasteiger partial charge in [0.05, 0.1) is 0 Å². The van der Waals surface area contributed by atoms with E-state index in [1.807, 2.05) is 80.2 Å². The van der Waals surface area contributed by atoms with E-state index in [1.165, 1.54) is 5.56 Å². The monoisotopic (exact) mass is 349 g/mol. The summed E-state index contributed by atoms with van der Waals surface area (Å²) >= 11 is 0. The van der Waals surface area contributed by atoms with Crippen molar-refractivity contribution in [1.82, 2.24) is 14.9 Å². The normalized spacial score (nSPS) is 11.8. The number of rotatable bonds is 6. The smallest absolute Gasteiger partial charge is 0.258 e. The number of aromatic nitrogens is 2. The van der Waals surface area contributed by atoms with Gasteiger partial charge in [0.25, 0.3) is 5.91 Å². The molecule has 0 unspecified atom stereocenters. The molecule has 1 aromatic heterocycles. The highest BCUT2D eigenvalue weighted by Crippen LogP contribution is 2.20. The first kappa shape index (κ1) is 17.7. The summed E-state index contributed by atoms with van der Waals surface area (Å²) in [5.74, 6) is 1.27. The number of hydrogen-bond acceptors (Lipinski definition) is 3. The van der Waals surface area contributed by atoms with Crippen molar-refractivity contribution >= 4 is 5.91 Å². The van der Waals surface area contributed by atoms with E-state index in [0.717, 1.165) is 17.0 Å². The van der Waals surface area contributed by atoms with E-state index >= 15 is 0 Å². The average Bonchev–Trinajstić information content (AvgIpc) is 3.07. The van der Waals surface area contributed by atoms with Gasteiger partial charge in [0, 0.05) is 19.4 Å². The molecule has 0 radical (unpaired) electrons. The molecular formula is C21H23N3O2. The maximum Gasteiger partial charge on any atom is 0.258 e. The maximum absolute atomic E-state index is 12.5. The Labute approximate surface area is 153 Å². The summed E-state index contributed by atoms with van der Waals surface area (Å²) in [4.78, 5) is 16.9. The molecule has 0 saturated carbocycles. The Balaban J connectivity index is 1.71. The van der Waals surface area contributed by atoms with E-state index in [2.05, 4.69) is 10.3 Å². The molecule has 5 heteroatoms. The number of carbonyl (C=O) groups excluding carboxylic acids is 1. The molecule has 1 atom stereocenters. The SMILES string of the molecule is Cc1ccc(OCC(=O)N[C@@H](c2ccccc2)c2nccn2C)cc1C. The van der Waals surface area contributed by atoms with E-state index in [4.69, 9.17) is 4.74 Å². The Kier molecular flexibility index (Phi) is 5.37. The third-order valence-electron chi connectivity index (χ3n) is 4.40. The third kappa shape index (κ3) is 4.11. The molecule has 2 aromatic carbocycles. The minimum absolute atomic E-state index is 0.0454. The molecule has 1 N–H and O–H groups in total. The molecule has 0 aliphatic carbocycles. The van der Waals surface area contributed by atoms with Crippen molar-refractivity contribution < 1.29 is 9.53 Å². The molecular weight excluding hydrogens is 326 g/mol. The van der Waals surface area contributed by atoms with Crippen molar-refractivity contribution in [3.63, 3.8) is 0 Å². The summed E-state index contributed by atoms with van der Waals surface area (Å²) in [6.07, 6.45) is 3.59. The molecule has 0 aliphatic rings. The van der Waals surface area contributed by atoms with Crippen molar-refractivity contribution in [3.8, 4) is 5.75 Å². The van der Waals surface area contributed by atoms with Crippen LogP contribution in [0.2, 0.25) is 0 Å². The lowest BCUT2D eigenvalue weighted by Crippen LogP contribution is -2.34. The van der Waals surface area contributed by atoms with Crippen LogP contribution in [-0.2, 0) is 11.8 Å². The van der Waals surface area contributed by atoms with Crippen LogP contribution in [0.5, 0.6) is 5.75 Å². The number of nitrogens with one attached hydrogen (secondary N) is 1. The van der Waals surface area contributed by atoms with Gasteiger partial charge >= 0.3 is 0 Å². The van der Waals surface area contributed by atoms with Gasteiger partial charge in [-0.05, 0) is 42.7 Å². The Morgan fingerprint density at radius 2 is 1.92 bits per heavy atom. The number of carbonyl (C=O) groups is 1. The zero-order valence-electron chi connectivity index (χ0n) is 15.3. The summed E-state index contributed by atoms with van der Waals surface area (Å²) in [7, 11) is 1.91. The number of ether oxygens (including phenoxy) is 1. The number of benzene rings is 2. The summed E-state index contributed by atoms with van der Waals surface area (Å²) in [6, 6.07) is 15.3. The molecule has 3 aromatic rings. The van der Waals surface area contributed by atoms with Crippen LogP contribution in [0.1, 0.15) is 28.6 Å². The van der Waals surface area contributed by atoms with Crippen LogP contribution in [0.25, 0.3) is 0 Å². The largest absolute Gasteiger partial charge is 0.484 e. The summed E-state index contributed by atoms with van der Waals surface area (Å²) < 4.78 is 7.55. The first-order valence-corrected chi connectivity index (χ1v) is 8.56. The second kappa shape index (κ2) is 7.87. The number of imidazole rings is 1. The quantitative estimate of drug-likeness (QED) is 0.743. The molecule has 1 amide bonds. The first-order valence-electron chi connectivity index (χ1n) is 8.56. The standard InChI is InChI=1S/C21H23N3O2/c1-15-9-10-18(13-16(15)2)26-14-19(25)23-20(17-7-5-4-6-8-17)21-22-11-12-24(21)3/h4-13,20H,14H2,1-3H3,(H,23,25)/t20-/m0/s1. The fourth-order valence-electron chi connectivity index (χ4n) is 2.75. The number of aryl methyl sites for hydroxylation is 3. The van der Waals surface area contributed by atoms with Gasteiger partial charge in [-0.25, -0.2) is 4.98 Å². The van der Waals surface area contributed by atoms with Crippen molar-refractivity contribution in [2.24, 2.45) is 7.05 Å². The maximum atomic E-state index is 12.5. The van der Waals surface area contributed by atoms with E-state index in [0.29, 0.717) is 5.75 Å². The average molecular weight is 349 g/mol. The van der Waals surface area contributed by atoms with Gasteiger partial charge in [0.1, 0.15) is 17.6 Å². The molecule has 0 spiro atoms. The zero-order valence-corrected chi connectivity index (χ0v) is 15.3. The first-order chi connectivity index (χ1) is 12.5. The minimum atomic E-state index is -0.327. The van der Waals surface area contributed by atoms with Gasteiger partial charge in [-0.1, -0.05) is 36.4 Å². The zero-order chi connectivity index (χ0) is 18.5. The molecule has 3 rings (SSSR count). The Hall–Kier alpha value is -3.08. The van der Waals surface area contributed by atoms with Crippen molar-refractivity contribution in [1.29, 1.82) is 0 Å². The van der Waals surface area contributed by atoms with Gasteiger partial charge in [-0.2, -0.15) is 0 Å². The van der Waals surface area contributed by atoms with Crippen LogP contribution >= 0.6 is 0 Å². The summed E-state index contributed by atoms with van der Waals surface area (Å²) in [5.41, 5.74) is 3.31. The number of nitrogens with zero attached hydrogens (tertiary/aromatic N) is 2. The Morgan fingerprint density at radius 3 is 2.58 bits per heavy atom. The second-order valence-electron chi connectivity index (χ2n) is 6.34. The molecule has 1 heterocycles. The highest BCUT2D eigenvalue weighted by atomic mass is 16.5. The molecule has 0 saturated heterocycles. The third-order valence-corrected chi connectivity index (χ3v) is 4.40. The van der Waals surface area contributed by atoms with Crippen LogP contribution in [0.3, 0.4) is 0 Å². The minimum Gasteiger partial charge on any atom is -0.484 e. The van der Waals surface area contributed by atoms with E-state index < -0.39 is 0 Å². The fraction of sp³-hybridized carbons (Fsp3) is 0.238. The van der Waals surface area contributed by atoms with Crippen molar-refractivity contribution in [2.75, 3.05) is 6.61 Å². The van der Waals surface area contributed by atoms with Gasteiger partial charge in [0.15, 0.2) is 6.61 Å². The van der Waals surface area contributed by atoms with Gasteiger partial charge in [-0.15, -0.1) is 0 Å². The molecule has 26 heavy (non-hydrogen) atoms. The lowest BCUT2D eigenvalue weighted by molar-refractivity contribution is -0.123. The van der Waals surface area contributed by atoms with Crippen molar-refractivity contribution in [3.05, 3.63) is 83.4 Å². The lowest BCUT2D eigenvalue weighted by atomic mass is 10.1. The molecule has 0 bridgehead atoms. The second-order valence-corrected chi connectivity index (χ2v) is 6.34. The van der Waals surface area contributed by atoms with Crippen LogP contribution in [0.15, 0.2) is 60.9 Å². The molecule has 0 fully saturated rings. The fourth-order valence-corrected chi connectivity index (χ4v) is 2.75. The van der Waals surface area contributed by atoms with Crippen LogP contribution in [-0.4, -0.2) is 22.1 Å². The van der Waals surface area contributed by atoms with Crippen molar-refractivity contribution in [2.45, 2.75) is 19.9 Å². The lowest BCUT2D eigenvalue weighted by Gasteiger charge is -2.19. The van der Waals surface area contributed by atoms with E-state index in [1.54, 1.807) is 6.20 Å². The number of amides is 1. The van der Waals surface area contributed by atoms with E-state index in [9.17, 15) is 4.79 Å². The van der Waals surface area contributed by atoms with Gasteiger partial charge in [0.2, 0.25) is 0 Å². The van der Waals surface area contributed by atoms with Gasteiger partial charge < -0.3 is 14.6 Å². The van der Waals surface area contributed by atoms with Crippen LogP contribution in [0.4, 0.5) is 0 Å². The van der Waals surface area contributed by atoms with Gasteiger partial charge in [-0.3, -0.25) is 4.79 Å². The highest BCUT2D eigenvalue weighted by molar-refractivity contribution is 5.78.